The minimum atomic E-state index is -2.23. The van der Waals surface area contributed by atoms with Crippen LogP contribution in [-0.2, 0) is 13.6 Å². The molecule has 0 radical (unpaired) electrons. The molecule has 6 nitrogen and oxygen atoms in total. The summed E-state index contributed by atoms with van der Waals surface area (Å²) in [5, 5.41) is 22.5. The Balaban J connectivity index is 2.60. The number of hydrogen-bond acceptors (Lipinski definition) is 5. The highest BCUT2D eigenvalue weighted by molar-refractivity contribution is 6.74. The first-order valence-electron chi connectivity index (χ1n) is 16.1. The van der Waals surface area contributed by atoms with E-state index in [1.165, 1.54) is 0 Å². The number of carbonyl (C=O) groups is 1. The number of hydrogen-bond donors (Lipinski definition) is 2. The van der Waals surface area contributed by atoms with E-state index in [0.717, 1.165) is 35.7 Å². The van der Waals surface area contributed by atoms with E-state index >= 15 is 0 Å². The Labute approximate surface area is 263 Å². The molecule has 3 atom stereocenters. The maximum absolute atomic E-state index is 11.4. The van der Waals surface area contributed by atoms with Gasteiger partial charge in [-0.05, 0) is 73.1 Å². The van der Waals surface area contributed by atoms with Crippen molar-refractivity contribution in [3.63, 3.8) is 0 Å². The monoisotopic (exact) mass is 629 g/mol. The third kappa shape index (κ3) is 10.9. The van der Waals surface area contributed by atoms with Crippen LogP contribution in [0.1, 0.15) is 111 Å². The van der Waals surface area contributed by atoms with Gasteiger partial charge in [0.2, 0.25) is 0 Å². The molecule has 43 heavy (non-hydrogen) atoms. The Hall–Kier alpha value is -1.85. The molecule has 2 N–H and O–H groups in total. The molecule has 242 valence electrons. The lowest BCUT2D eigenvalue weighted by atomic mass is 10.0. The Morgan fingerprint density at radius 1 is 0.930 bits per heavy atom. The van der Waals surface area contributed by atoms with Crippen LogP contribution < -0.4 is 0 Å². The molecule has 0 saturated heterocycles. The van der Waals surface area contributed by atoms with Crippen LogP contribution in [0.2, 0.25) is 36.3 Å². The molecule has 0 fully saturated rings. The number of pyridine rings is 1. The van der Waals surface area contributed by atoms with E-state index in [2.05, 4.69) is 92.9 Å². The van der Waals surface area contributed by atoms with E-state index in [9.17, 15) is 15.0 Å². The quantitative estimate of drug-likeness (QED) is 0.142. The number of carboxylic acids is 1. The van der Waals surface area contributed by atoms with Crippen molar-refractivity contribution in [3.05, 3.63) is 47.8 Å². The zero-order valence-corrected chi connectivity index (χ0v) is 30.8. The number of benzene rings is 1. The number of aromatic nitrogens is 1. The summed E-state index contributed by atoms with van der Waals surface area (Å²) in [5.41, 5.74) is 1.48. The van der Waals surface area contributed by atoms with E-state index in [4.69, 9.17) is 13.8 Å². The first-order valence-corrected chi connectivity index (χ1v) is 21.9. The van der Waals surface area contributed by atoms with Crippen molar-refractivity contribution in [1.82, 2.24) is 4.98 Å². The lowest BCUT2D eigenvalue weighted by Crippen LogP contribution is -2.51. The van der Waals surface area contributed by atoms with E-state index in [1.807, 2.05) is 24.3 Å². The Kier molecular flexibility index (Phi) is 13.4. The fourth-order valence-electron chi connectivity index (χ4n) is 4.56. The molecule has 1 aromatic heterocycles. The van der Waals surface area contributed by atoms with E-state index in [1.54, 1.807) is 0 Å². The number of aliphatic carboxylic acids is 1. The van der Waals surface area contributed by atoms with Gasteiger partial charge in [0.1, 0.15) is 0 Å². The normalized spacial score (nSPS) is 15.6. The fraction of sp³-hybridized carbons (Fsp3) is 0.657. The van der Waals surface area contributed by atoms with Crippen LogP contribution in [0, 0.1) is 0 Å². The van der Waals surface area contributed by atoms with Gasteiger partial charge in [-0.2, -0.15) is 0 Å². The van der Waals surface area contributed by atoms with Crippen molar-refractivity contribution in [3.8, 4) is 0 Å². The van der Waals surface area contributed by atoms with Crippen LogP contribution in [0.15, 0.2) is 36.4 Å². The van der Waals surface area contributed by atoms with Crippen molar-refractivity contribution in [2.45, 2.75) is 148 Å². The third-order valence-electron chi connectivity index (χ3n) is 9.38. The second-order valence-electron chi connectivity index (χ2n) is 15.1. The predicted octanol–water partition coefficient (Wildman–Crippen LogP) is 9.90. The SMILES string of the molecule is CCCCC[C@H](O)c1nc(/C=C/C(O[Si](C)(C)C(C)(C)C)C(CCCC(=O)O)O[Si](C)(C)C(C)(C)C)cc2ccccc12. The molecule has 8 heteroatoms. The van der Waals surface area contributed by atoms with Crippen LogP contribution in [0.25, 0.3) is 16.8 Å². The highest BCUT2D eigenvalue weighted by Gasteiger charge is 2.44. The standard InChI is InChI=1S/C35H59NO5Si2/c1-12-13-14-20-29(37)33-28-19-16-15-18-26(28)25-27(36-33)23-24-31(41-43(10,11)35(5,6)7)30(21-17-22-32(38)39)40-42(8,9)34(2,3)4/h15-16,18-19,23-25,29-31,37H,12-14,17,20-22H2,1-11H3,(H,38,39)/b24-23+/t29-,30?,31?/m0/s1. The van der Waals surface area contributed by atoms with Crippen molar-refractivity contribution in [1.29, 1.82) is 0 Å². The summed E-state index contributed by atoms with van der Waals surface area (Å²) in [4.78, 5) is 16.4. The Morgan fingerprint density at radius 2 is 1.53 bits per heavy atom. The van der Waals surface area contributed by atoms with Gasteiger partial charge in [-0.1, -0.05) is 98.1 Å². The van der Waals surface area contributed by atoms with Crippen molar-refractivity contribution < 1.29 is 23.9 Å². The summed E-state index contributed by atoms with van der Waals surface area (Å²) in [6.45, 7) is 24.5. The number of nitrogens with zero attached hydrogens (tertiary/aromatic N) is 1. The van der Waals surface area contributed by atoms with Crippen molar-refractivity contribution in [2.75, 3.05) is 0 Å². The summed E-state index contributed by atoms with van der Waals surface area (Å²) in [6, 6.07) is 10.2. The Bertz CT molecular complexity index is 1210. The van der Waals surface area contributed by atoms with E-state index in [-0.39, 0.29) is 28.7 Å². The second-order valence-corrected chi connectivity index (χ2v) is 24.6. The van der Waals surface area contributed by atoms with Crippen LogP contribution >= 0.6 is 0 Å². The predicted molar refractivity (Wildman–Crippen MR) is 186 cm³/mol. The lowest BCUT2D eigenvalue weighted by Gasteiger charge is -2.44. The largest absolute Gasteiger partial charge is 0.481 e. The molecule has 1 aromatic carbocycles. The summed E-state index contributed by atoms with van der Waals surface area (Å²) in [6.07, 6.45) is 7.82. The Morgan fingerprint density at radius 3 is 2.12 bits per heavy atom. The van der Waals surface area contributed by atoms with Crippen LogP contribution in [0.4, 0.5) is 0 Å². The number of aliphatic hydroxyl groups is 1. The third-order valence-corrected chi connectivity index (χ3v) is 18.4. The van der Waals surface area contributed by atoms with Gasteiger partial charge < -0.3 is 19.1 Å². The number of rotatable bonds is 16. The minimum absolute atomic E-state index is 0.00793. The van der Waals surface area contributed by atoms with Crippen LogP contribution in [0.3, 0.4) is 0 Å². The average molecular weight is 630 g/mol. The van der Waals surface area contributed by atoms with Gasteiger partial charge in [0.25, 0.3) is 0 Å². The highest BCUT2D eigenvalue weighted by Crippen LogP contribution is 2.41. The maximum atomic E-state index is 11.4. The van der Waals surface area contributed by atoms with E-state index in [0.29, 0.717) is 25.0 Å². The smallest absolute Gasteiger partial charge is 0.303 e. The van der Waals surface area contributed by atoms with Crippen LogP contribution in [0.5, 0.6) is 0 Å². The first-order chi connectivity index (χ1) is 19.8. The summed E-state index contributed by atoms with van der Waals surface area (Å²) < 4.78 is 14.1. The number of aliphatic hydroxyl groups excluding tert-OH is 1. The van der Waals surface area contributed by atoms with Gasteiger partial charge in [0.05, 0.1) is 29.7 Å². The number of unbranched alkanes of at least 4 members (excludes halogenated alkanes) is 2. The molecule has 0 saturated carbocycles. The molecule has 0 spiro atoms. The summed E-state index contributed by atoms with van der Waals surface area (Å²) >= 11 is 0. The van der Waals surface area contributed by atoms with Gasteiger partial charge in [-0.25, -0.2) is 0 Å². The van der Waals surface area contributed by atoms with Gasteiger partial charge in [0.15, 0.2) is 16.6 Å². The molecule has 0 bridgehead atoms. The minimum Gasteiger partial charge on any atom is -0.481 e. The van der Waals surface area contributed by atoms with Crippen molar-refractivity contribution in [2.24, 2.45) is 0 Å². The molecule has 0 aliphatic rings. The number of carboxylic acid groups (broad SMARTS) is 1. The first kappa shape index (κ1) is 37.3. The lowest BCUT2D eigenvalue weighted by molar-refractivity contribution is -0.137. The molecule has 0 aliphatic heterocycles. The highest BCUT2D eigenvalue weighted by atomic mass is 28.4. The maximum Gasteiger partial charge on any atom is 0.303 e. The molecular formula is C35H59NO5Si2. The molecule has 0 aliphatic carbocycles. The van der Waals surface area contributed by atoms with Crippen molar-refractivity contribution >= 4 is 39.5 Å². The molecule has 2 rings (SSSR count). The molecule has 2 aromatic rings. The zero-order valence-electron chi connectivity index (χ0n) is 28.8. The second kappa shape index (κ2) is 15.4. The molecule has 2 unspecified atom stereocenters. The zero-order chi connectivity index (χ0) is 32.6. The molecule has 0 amide bonds. The van der Waals surface area contributed by atoms with E-state index < -0.39 is 28.7 Å². The van der Waals surface area contributed by atoms with Gasteiger partial charge in [-0.15, -0.1) is 0 Å². The van der Waals surface area contributed by atoms with Gasteiger partial charge in [-0.3, -0.25) is 9.78 Å². The van der Waals surface area contributed by atoms with Gasteiger partial charge in [0, 0.05) is 11.8 Å². The van der Waals surface area contributed by atoms with Gasteiger partial charge >= 0.3 is 5.97 Å². The summed E-state index contributed by atoms with van der Waals surface area (Å²) in [7, 11) is -4.44. The average Bonchev–Trinajstić information content (AvgIpc) is 2.88. The molecular weight excluding hydrogens is 571 g/mol. The van der Waals surface area contributed by atoms with Crippen LogP contribution in [-0.4, -0.2) is 50.0 Å². The number of fused-ring (bicyclic) bond motifs is 1. The summed E-state index contributed by atoms with van der Waals surface area (Å²) in [5.74, 6) is -0.797. The molecule has 1 heterocycles. The fourth-order valence-corrected chi connectivity index (χ4v) is 7.19. The topological polar surface area (TPSA) is 88.9 Å².